The molecule has 1 saturated carbocycles. The summed E-state index contributed by atoms with van der Waals surface area (Å²) in [7, 11) is 0. The van der Waals surface area contributed by atoms with Gasteiger partial charge in [-0.2, -0.15) is 0 Å². The van der Waals surface area contributed by atoms with Crippen molar-refractivity contribution in [3.05, 3.63) is 66.5 Å². The van der Waals surface area contributed by atoms with E-state index < -0.39 is 0 Å². The third-order valence-corrected chi connectivity index (χ3v) is 5.08. The molecule has 1 fully saturated rings. The van der Waals surface area contributed by atoms with Crippen LogP contribution in [0.15, 0.2) is 55.4 Å². The van der Waals surface area contributed by atoms with E-state index in [9.17, 15) is 0 Å². The third kappa shape index (κ3) is 4.12. The zero-order chi connectivity index (χ0) is 16.8. The van der Waals surface area contributed by atoms with Gasteiger partial charge in [0.2, 0.25) is 0 Å². The molecule has 0 spiro atoms. The maximum atomic E-state index is 4.49. The highest BCUT2D eigenvalue weighted by Crippen LogP contribution is 2.26. The second-order valence-corrected chi connectivity index (χ2v) is 6.79. The van der Waals surface area contributed by atoms with E-state index in [1.165, 1.54) is 47.9 Å². The number of hydrogen-bond donors (Lipinski definition) is 0. The maximum absolute atomic E-state index is 4.49. The number of aromatic nitrogens is 1. The molecule has 1 heterocycles. The monoisotopic (exact) mass is 320 g/mol. The van der Waals surface area contributed by atoms with Gasteiger partial charge in [0.15, 0.2) is 0 Å². The zero-order valence-corrected chi connectivity index (χ0v) is 14.7. The van der Waals surface area contributed by atoms with Gasteiger partial charge in [0.25, 0.3) is 0 Å². The van der Waals surface area contributed by atoms with Gasteiger partial charge in [-0.05, 0) is 42.0 Å². The van der Waals surface area contributed by atoms with E-state index in [1.807, 2.05) is 18.5 Å². The van der Waals surface area contributed by atoms with Crippen molar-refractivity contribution in [1.82, 2.24) is 9.88 Å². The van der Waals surface area contributed by atoms with Crippen LogP contribution < -0.4 is 0 Å². The molecule has 2 nitrogen and oxygen atoms in total. The van der Waals surface area contributed by atoms with Crippen molar-refractivity contribution in [2.24, 2.45) is 0 Å². The van der Waals surface area contributed by atoms with Crippen LogP contribution in [-0.2, 0) is 13.0 Å². The molecule has 126 valence electrons. The van der Waals surface area contributed by atoms with Gasteiger partial charge in [0.1, 0.15) is 0 Å². The lowest BCUT2D eigenvalue weighted by atomic mass is 10.0. The number of pyridine rings is 1. The van der Waals surface area contributed by atoms with Crippen LogP contribution in [0, 0.1) is 0 Å². The van der Waals surface area contributed by atoms with Gasteiger partial charge in [-0.25, -0.2) is 0 Å². The van der Waals surface area contributed by atoms with E-state index in [2.05, 4.69) is 53.7 Å². The second-order valence-electron chi connectivity index (χ2n) is 6.79. The van der Waals surface area contributed by atoms with E-state index in [0.717, 1.165) is 19.5 Å². The van der Waals surface area contributed by atoms with E-state index in [-0.39, 0.29) is 0 Å². The largest absolute Gasteiger partial charge is 0.292 e. The Bertz CT molecular complexity index is 654. The summed E-state index contributed by atoms with van der Waals surface area (Å²) >= 11 is 0. The Hall–Kier alpha value is -1.93. The van der Waals surface area contributed by atoms with Gasteiger partial charge in [-0.15, -0.1) is 6.58 Å². The fraction of sp³-hybridized carbons (Fsp3) is 0.409. The molecule has 2 heteroatoms. The normalized spacial score (nSPS) is 15.1. The minimum atomic E-state index is 0.704. The number of nitrogens with zero attached hydrogens (tertiary/aromatic N) is 2. The minimum absolute atomic E-state index is 0.704. The molecule has 0 radical (unpaired) electrons. The molecular weight excluding hydrogens is 292 g/mol. The molecule has 1 aliphatic rings. The summed E-state index contributed by atoms with van der Waals surface area (Å²) in [5, 5.41) is 0. The molecule has 0 aliphatic heterocycles. The van der Waals surface area contributed by atoms with Crippen molar-refractivity contribution in [3.8, 4) is 11.1 Å². The molecule has 1 aromatic carbocycles. The quantitative estimate of drug-likeness (QED) is 0.648. The highest BCUT2D eigenvalue weighted by Gasteiger charge is 2.21. The van der Waals surface area contributed by atoms with Crippen molar-refractivity contribution in [1.29, 1.82) is 0 Å². The maximum Gasteiger partial charge on any atom is 0.0346 e. The summed E-state index contributed by atoms with van der Waals surface area (Å²) in [6.07, 6.45) is 12.4. The zero-order valence-electron chi connectivity index (χ0n) is 14.7. The molecule has 3 rings (SSSR count). The van der Waals surface area contributed by atoms with Crippen LogP contribution >= 0.6 is 0 Å². The summed E-state index contributed by atoms with van der Waals surface area (Å²) in [6, 6.07) is 11.8. The first kappa shape index (κ1) is 16.9. The Balaban J connectivity index is 1.76. The molecule has 0 bridgehead atoms. The average molecular weight is 320 g/mol. The first-order valence-electron chi connectivity index (χ1n) is 9.18. The van der Waals surface area contributed by atoms with E-state index in [4.69, 9.17) is 0 Å². The van der Waals surface area contributed by atoms with Gasteiger partial charge >= 0.3 is 0 Å². The van der Waals surface area contributed by atoms with Crippen LogP contribution in [0.25, 0.3) is 11.1 Å². The molecular formula is C22H28N2. The van der Waals surface area contributed by atoms with Crippen LogP contribution in [0.4, 0.5) is 0 Å². The third-order valence-electron chi connectivity index (χ3n) is 5.08. The van der Waals surface area contributed by atoms with Crippen LogP contribution in [0.2, 0.25) is 0 Å². The Kier molecular flexibility index (Phi) is 5.81. The van der Waals surface area contributed by atoms with Gasteiger partial charge in [-0.1, -0.05) is 50.1 Å². The van der Waals surface area contributed by atoms with Crippen LogP contribution in [0.3, 0.4) is 0 Å². The van der Waals surface area contributed by atoms with Crippen molar-refractivity contribution in [2.45, 2.75) is 51.6 Å². The molecule has 0 amide bonds. The summed E-state index contributed by atoms with van der Waals surface area (Å²) in [5.74, 6) is 0. The standard InChI is InChI=1S/C22H28N2/c1-3-13-24(22-7-5-6-8-22)17-19-14-21(16-23-15-19)20-11-9-18(4-2)10-12-20/h3,9-12,14-16,22H,1,4-8,13,17H2,2H3. The van der Waals surface area contributed by atoms with E-state index in [1.54, 1.807) is 0 Å². The first-order chi connectivity index (χ1) is 11.8. The van der Waals surface area contributed by atoms with Crippen LogP contribution in [-0.4, -0.2) is 22.5 Å². The molecule has 24 heavy (non-hydrogen) atoms. The lowest BCUT2D eigenvalue weighted by Gasteiger charge is -2.27. The molecule has 0 unspecified atom stereocenters. The SMILES string of the molecule is C=CCN(Cc1cncc(-c2ccc(CC)cc2)c1)C1CCCC1. The van der Waals surface area contributed by atoms with Gasteiger partial charge in [0.05, 0.1) is 0 Å². The van der Waals surface area contributed by atoms with Crippen LogP contribution in [0.5, 0.6) is 0 Å². The smallest absolute Gasteiger partial charge is 0.0346 e. The Labute approximate surface area is 146 Å². The van der Waals surface area contributed by atoms with Crippen molar-refractivity contribution in [3.63, 3.8) is 0 Å². The number of rotatable bonds is 7. The Morgan fingerprint density at radius 1 is 1.08 bits per heavy atom. The molecule has 2 aromatic rings. The molecule has 0 N–H and O–H groups in total. The van der Waals surface area contributed by atoms with Gasteiger partial charge in [-0.3, -0.25) is 9.88 Å². The van der Waals surface area contributed by atoms with Crippen LogP contribution in [0.1, 0.15) is 43.7 Å². The number of benzene rings is 1. The lowest BCUT2D eigenvalue weighted by Crippen LogP contribution is -2.32. The van der Waals surface area contributed by atoms with Gasteiger partial charge in [0, 0.05) is 37.1 Å². The lowest BCUT2D eigenvalue weighted by molar-refractivity contribution is 0.211. The first-order valence-corrected chi connectivity index (χ1v) is 9.18. The Morgan fingerprint density at radius 2 is 1.83 bits per heavy atom. The van der Waals surface area contributed by atoms with Gasteiger partial charge < -0.3 is 0 Å². The highest BCUT2D eigenvalue weighted by molar-refractivity contribution is 5.63. The Morgan fingerprint density at radius 3 is 2.50 bits per heavy atom. The number of hydrogen-bond acceptors (Lipinski definition) is 2. The molecule has 0 saturated heterocycles. The molecule has 1 aliphatic carbocycles. The van der Waals surface area contributed by atoms with Crippen molar-refractivity contribution in [2.75, 3.05) is 6.54 Å². The average Bonchev–Trinajstić information content (AvgIpc) is 3.16. The summed E-state index contributed by atoms with van der Waals surface area (Å²) in [4.78, 5) is 7.05. The second kappa shape index (κ2) is 8.25. The summed E-state index contributed by atoms with van der Waals surface area (Å²) in [6.45, 7) is 8.05. The van der Waals surface area contributed by atoms with E-state index in [0.29, 0.717) is 6.04 Å². The predicted molar refractivity (Wildman–Crippen MR) is 102 cm³/mol. The topological polar surface area (TPSA) is 16.1 Å². The predicted octanol–water partition coefficient (Wildman–Crippen LogP) is 5.24. The summed E-state index contributed by atoms with van der Waals surface area (Å²) < 4.78 is 0. The van der Waals surface area contributed by atoms with E-state index >= 15 is 0 Å². The minimum Gasteiger partial charge on any atom is -0.292 e. The summed E-state index contributed by atoms with van der Waals surface area (Å²) in [5.41, 5.74) is 5.12. The fourth-order valence-electron chi connectivity index (χ4n) is 3.68. The molecule has 0 atom stereocenters. The highest BCUT2D eigenvalue weighted by atomic mass is 15.1. The fourth-order valence-corrected chi connectivity index (χ4v) is 3.68. The number of aryl methyl sites for hydroxylation is 1. The van der Waals surface area contributed by atoms with Crippen molar-refractivity contribution >= 4 is 0 Å². The molecule has 1 aromatic heterocycles. The van der Waals surface area contributed by atoms with Crippen molar-refractivity contribution < 1.29 is 0 Å².